The summed E-state index contributed by atoms with van der Waals surface area (Å²) in [5.74, 6) is -1.06. The van der Waals surface area contributed by atoms with Crippen molar-refractivity contribution in [3.8, 4) is 0 Å². The first-order valence-corrected chi connectivity index (χ1v) is 9.19. The molecule has 1 amide bonds. The third kappa shape index (κ3) is 2.98. The molecule has 0 spiro atoms. The summed E-state index contributed by atoms with van der Waals surface area (Å²) in [5, 5.41) is 0.721. The molecule has 3 aromatic rings. The van der Waals surface area contributed by atoms with Crippen LogP contribution in [0.1, 0.15) is 27.7 Å². The number of rotatable bonds is 4. The number of methoxy groups -OCH3 is 1. The number of halogens is 3. The Labute approximate surface area is 169 Å². The number of carbonyl (C=O) groups excluding carboxylic acids is 1. The molecule has 2 heterocycles. The molecule has 1 aromatic heterocycles. The average molecular weight is 422 g/mol. The molecule has 4 rings (SSSR count). The van der Waals surface area contributed by atoms with Crippen LogP contribution < -0.4 is 5.43 Å². The van der Waals surface area contributed by atoms with E-state index in [9.17, 15) is 14.0 Å². The minimum absolute atomic E-state index is 0.0590. The molecule has 1 atom stereocenters. The lowest BCUT2D eigenvalue weighted by atomic mass is 9.98. The summed E-state index contributed by atoms with van der Waals surface area (Å²) in [6, 6.07) is 7.77. The molecule has 0 aliphatic carbocycles. The van der Waals surface area contributed by atoms with Crippen LogP contribution in [0, 0.1) is 5.82 Å². The van der Waals surface area contributed by atoms with Crippen LogP contribution in [-0.4, -0.2) is 31.1 Å². The molecule has 0 N–H and O–H groups in total. The van der Waals surface area contributed by atoms with Gasteiger partial charge < -0.3 is 14.1 Å². The Balaban J connectivity index is 1.98. The molecule has 0 saturated heterocycles. The van der Waals surface area contributed by atoms with Crippen LogP contribution in [0.15, 0.2) is 45.6 Å². The van der Waals surface area contributed by atoms with Crippen molar-refractivity contribution >= 4 is 40.1 Å². The first-order chi connectivity index (χ1) is 13.4. The molecule has 8 heteroatoms. The fraction of sp³-hybridized carbons (Fsp3) is 0.200. The smallest absolute Gasteiger partial charge is 0.290 e. The number of carbonyl (C=O) groups is 1. The fourth-order valence-electron chi connectivity index (χ4n) is 3.44. The molecule has 28 heavy (non-hydrogen) atoms. The zero-order valence-corrected chi connectivity index (χ0v) is 16.2. The number of nitrogens with zero attached hydrogens (tertiary/aromatic N) is 1. The van der Waals surface area contributed by atoms with Crippen molar-refractivity contribution < 1.29 is 18.3 Å². The number of hydrogen-bond acceptors (Lipinski definition) is 4. The zero-order valence-electron chi connectivity index (χ0n) is 14.7. The third-order valence-electron chi connectivity index (χ3n) is 4.72. The molecule has 144 valence electrons. The minimum atomic E-state index is -0.740. The van der Waals surface area contributed by atoms with Gasteiger partial charge in [-0.05, 0) is 35.9 Å². The molecule has 1 aliphatic rings. The monoisotopic (exact) mass is 421 g/mol. The van der Waals surface area contributed by atoms with E-state index in [2.05, 4.69) is 0 Å². The van der Waals surface area contributed by atoms with Crippen molar-refractivity contribution in [3.05, 3.63) is 79.4 Å². The lowest BCUT2D eigenvalue weighted by Gasteiger charge is -2.25. The summed E-state index contributed by atoms with van der Waals surface area (Å²) >= 11 is 12.2. The van der Waals surface area contributed by atoms with Gasteiger partial charge in [-0.15, -0.1) is 0 Å². The predicted molar refractivity (Wildman–Crippen MR) is 104 cm³/mol. The molecule has 5 nitrogen and oxygen atoms in total. The fourth-order valence-corrected chi connectivity index (χ4v) is 3.75. The second-order valence-electron chi connectivity index (χ2n) is 6.38. The van der Waals surface area contributed by atoms with E-state index in [1.54, 1.807) is 18.2 Å². The Hall–Kier alpha value is -2.41. The van der Waals surface area contributed by atoms with Crippen LogP contribution in [0.4, 0.5) is 4.39 Å². The van der Waals surface area contributed by atoms with Gasteiger partial charge in [-0.1, -0.05) is 29.3 Å². The SMILES string of the molecule is COCCN1C(=O)c2oc3ccc(F)cc3c(=O)c2C1c1ccc(Cl)c(Cl)c1. The molecule has 1 unspecified atom stereocenters. The molecule has 1 aliphatic heterocycles. The van der Waals surface area contributed by atoms with Crippen molar-refractivity contribution in [2.45, 2.75) is 6.04 Å². The van der Waals surface area contributed by atoms with E-state index in [1.165, 1.54) is 24.1 Å². The van der Waals surface area contributed by atoms with Crippen molar-refractivity contribution in [1.82, 2.24) is 4.90 Å². The maximum atomic E-state index is 13.7. The highest BCUT2D eigenvalue weighted by Crippen LogP contribution is 2.39. The number of ether oxygens (including phenoxy) is 1. The highest BCUT2D eigenvalue weighted by molar-refractivity contribution is 6.42. The topological polar surface area (TPSA) is 59.8 Å². The number of hydrogen-bond donors (Lipinski definition) is 0. The van der Waals surface area contributed by atoms with Gasteiger partial charge in [0, 0.05) is 13.7 Å². The summed E-state index contributed by atoms with van der Waals surface area (Å²) < 4.78 is 24.5. The van der Waals surface area contributed by atoms with Crippen molar-refractivity contribution in [2.24, 2.45) is 0 Å². The second kappa shape index (κ2) is 7.20. The molecule has 0 fully saturated rings. The first-order valence-electron chi connectivity index (χ1n) is 8.43. The maximum absolute atomic E-state index is 13.7. The van der Waals surface area contributed by atoms with Crippen LogP contribution in [0.5, 0.6) is 0 Å². The lowest BCUT2D eigenvalue weighted by Crippen LogP contribution is -2.32. The van der Waals surface area contributed by atoms with Crippen molar-refractivity contribution in [1.29, 1.82) is 0 Å². The molecular formula is C20H14Cl2FNO4. The normalized spacial score (nSPS) is 16.1. The summed E-state index contributed by atoms with van der Waals surface area (Å²) in [5.41, 5.74) is 0.443. The number of fused-ring (bicyclic) bond motifs is 2. The van der Waals surface area contributed by atoms with E-state index in [4.69, 9.17) is 32.4 Å². The Morgan fingerprint density at radius 1 is 1.14 bits per heavy atom. The molecular weight excluding hydrogens is 408 g/mol. The molecule has 0 saturated carbocycles. The van der Waals surface area contributed by atoms with E-state index < -0.39 is 23.2 Å². The van der Waals surface area contributed by atoms with Gasteiger partial charge >= 0.3 is 0 Å². The maximum Gasteiger partial charge on any atom is 0.290 e. The van der Waals surface area contributed by atoms with Gasteiger partial charge in [0.25, 0.3) is 5.91 Å². The summed E-state index contributed by atoms with van der Waals surface area (Å²) in [6.45, 7) is 0.495. The van der Waals surface area contributed by atoms with Gasteiger partial charge in [-0.2, -0.15) is 0 Å². The van der Waals surface area contributed by atoms with E-state index in [-0.39, 0.29) is 35.4 Å². The van der Waals surface area contributed by atoms with Crippen LogP contribution in [-0.2, 0) is 4.74 Å². The van der Waals surface area contributed by atoms with Crippen LogP contribution in [0.3, 0.4) is 0 Å². The Morgan fingerprint density at radius 2 is 1.93 bits per heavy atom. The largest absolute Gasteiger partial charge is 0.450 e. The summed E-state index contributed by atoms with van der Waals surface area (Å²) in [4.78, 5) is 27.7. The standard InChI is InChI=1S/C20H14Cl2FNO4/c1-27-7-6-24-17(10-2-4-13(21)14(22)8-10)16-18(25)12-9-11(23)3-5-15(12)28-19(16)20(24)26/h2-5,8-9,17H,6-7H2,1H3. The first kappa shape index (κ1) is 18.9. The van der Waals surface area contributed by atoms with E-state index >= 15 is 0 Å². The number of amides is 1. The van der Waals surface area contributed by atoms with Gasteiger partial charge in [0.15, 0.2) is 5.43 Å². The average Bonchev–Trinajstić information content (AvgIpc) is 2.95. The zero-order chi connectivity index (χ0) is 20.0. The summed E-state index contributed by atoms with van der Waals surface area (Å²) in [6.07, 6.45) is 0. The van der Waals surface area contributed by atoms with Gasteiger partial charge in [-0.3, -0.25) is 9.59 Å². The van der Waals surface area contributed by atoms with Gasteiger partial charge in [0.05, 0.1) is 33.6 Å². The minimum Gasteiger partial charge on any atom is -0.450 e. The quantitative estimate of drug-likeness (QED) is 0.624. The van der Waals surface area contributed by atoms with Gasteiger partial charge in [0.1, 0.15) is 11.4 Å². The van der Waals surface area contributed by atoms with E-state index in [1.807, 2.05) is 0 Å². The Morgan fingerprint density at radius 3 is 2.64 bits per heavy atom. The van der Waals surface area contributed by atoms with Gasteiger partial charge in [0.2, 0.25) is 5.76 Å². The molecule has 0 radical (unpaired) electrons. The Kier molecular flexibility index (Phi) is 4.87. The molecule has 0 bridgehead atoms. The summed E-state index contributed by atoms with van der Waals surface area (Å²) in [7, 11) is 1.52. The van der Waals surface area contributed by atoms with Crippen molar-refractivity contribution in [2.75, 3.05) is 20.3 Å². The predicted octanol–water partition coefficient (Wildman–Crippen LogP) is 4.43. The third-order valence-corrected chi connectivity index (χ3v) is 5.46. The van der Waals surface area contributed by atoms with Crippen LogP contribution >= 0.6 is 23.2 Å². The highest BCUT2D eigenvalue weighted by atomic mass is 35.5. The van der Waals surface area contributed by atoms with Crippen LogP contribution in [0.25, 0.3) is 11.0 Å². The van der Waals surface area contributed by atoms with Gasteiger partial charge in [-0.25, -0.2) is 4.39 Å². The number of benzene rings is 2. The Bertz CT molecular complexity index is 1160. The van der Waals surface area contributed by atoms with E-state index in [0.717, 1.165) is 6.07 Å². The second-order valence-corrected chi connectivity index (χ2v) is 7.20. The molecule has 2 aromatic carbocycles. The van der Waals surface area contributed by atoms with Crippen LogP contribution in [0.2, 0.25) is 10.0 Å². The highest BCUT2D eigenvalue weighted by Gasteiger charge is 2.42. The van der Waals surface area contributed by atoms with Crippen molar-refractivity contribution in [3.63, 3.8) is 0 Å². The van der Waals surface area contributed by atoms with E-state index in [0.29, 0.717) is 15.6 Å². The lowest BCUT2D eigenvalue weighted by molar-refractivity contribution is 0.0663.